The lowest BCUT2D eigenvalue weighted by Gasteiger charge is -2.38. The number of nitrogens with zero attached hydrogens (tertiary/aromatic N) is 3. The molecule has 4 amide bonds. The van der Waals surface area contributed by atoms with Crippen molar-refractivity contribution in [2.75, 3.05) is 6.54 Å². The lowest BCUT2D eigenvalue weighted by atomic mass is 9.76. The van der Waals surface area contributed by atoms with Crippen LogP contribution in [0.1, 0.15) is 122 Å². The number of ketones is 1. The van der Waals surface area contributed by atoms with Gasteiger partial charge in [-0.1, -0.05) is 59.8 Å². The Morgan fingerprint density at radius 3 is 2.31 bits per heavy atom. The van der Waals surface area contributed by atoms with Crippen LogP contribution in [0.4, 0.5) is 0 Å². The first-order valence-electron chi connectivity index (χ1n) is 18.6. The van der Waals surface area contributed by atoms with Crippen LogP contribution in [0.15, 0.2) is 18.6 Å². The molecule has 4 fully saturated rings. The molecule has 4 N–H and O–H groups in total. The highest BCUT2D eigenvalue weighted by Gasteiger charge is 2.52. The molecule has 0 bridgehead atoms. The van der Waals surface area contributed by atoms with Crippen molar-refractivity contribution in [1.82, 2.24) is 30.8 Å². The van der Waals surface area contributed by atoms with Gasteiger partial charge in [-0.05, 0) is 68.1 Å². The molecule has 12 nitrogen and oxygen atoms in total. The predicted molar refractivity (Wildman–Crippen MR) is 183 cm³/mol. The number of aliphatic hydroxyl groups excluding tert-OH is 1. The normalized spacial score (nSPS) is 25.1. The van der Waals surface area contributed by atoms with Gasteiger partial charge in [-0.2, -0.15) is 0 Å². The second-order valence-corrected chi connectivity index (χ2v) is 16.0. The summed E-state index contributed by atoms with van der Waals surface area (Å²) in [6.07, 6.45) is 13.2. The van der Waals surface area contributed by atoms with Crippen LogP contribution >= 0.6 is 0 Å². The van der Waals surface area contributed by atoms with Gasteiger partial charge in [0.25, 0.3) is 5.91 Å². The summed E-state index contributed by atoms with van der Waals surface area (Å²) >= 11 is 0. The van der Waals surface area contributed by atoms with E-state index in [1.54, 1.807) is 4.90 Å². The maximum Gasteiger partial charge on any atom is 0.251 e. The Balaban J connectivity index is 1.35. The van der Waals surface area contributed by atoms with E-state index >= 15 is 0 Å². The Hall–Kier alpha value is -3.41. The summed E-state index contributed by atoms with van der Waals surface area (Å²) in [5.74, 6) is -2.26. The van der Waals surface area contributed by atoms with Crippen molar-refractivity contribution in [2.45, 2.75) is 141 Å². The van der Waals surface area contributed by atoms with Crippen LogP contribution in [0.5, 0.6) is 0 Å². The number of Topliss-reactive ketones (excluding diaryl/α,β-unsaturated/α-hetero) is 1. The van der Waals surface area contributed by atoms with E-state index in [0.29, 0.717) is 19.4 Å². The van der Waals surface area contributed by atoms with Crippen LogP contribution in [0.3, 0.4) is 0 Å². The van der Waals surface area contributed by atoms with E-state index in [1.807, 2.05) is 27.7 Å². The molecule has 3 saturated carbocycles. The number of likely N-dealkylation sites (tertiary alicyclic amines) is 1. The molecule has 0 aromatic carbocycles. The van der Waals surface area contributed by atoms with Crippen molar-refractivity contribution in [3.63, 3.8) is 0 Å². The van der Waals surface area contributed by atoms with Crippen molar-refractivity contribution < 1.29 is 29.1 Å². The zero-order chi connectivity index (χ0) is 35.3. The Morgan fingerprint density at radius 1 is 0.939 bits per heavy atom. The average Bonchev–Trinajstić information content (AvgIpc) is 3.65. The molecule has 3 aliphatic carbocycles. The minimum atomic E-state index is -1.39. The van der Waals surface area contributed by atoms with E-state index in [4.69, 9.17) is 0 Å². The third-order valence-corrected chi connectivity index (χ3v) is 11.2. The lowest BCUT2D eigenvalue weighted by Crippen LogP contribution is -2.61. The highest BCUT2D eigenvalue weighted by Crippen LogP contribution is 2.43. The fourth-order valence-corrected chi connectivity index (χ4v) is 8.27. The Kier molecular flexibility index (Phi) is 12.1. The number of aromatic nitrogens is 2. The first-order valence-corrected chi connectivity index (χ1v) is 18.6. The summed E-state index contributed by atoms with van der Waals surface area (Å²) in [6, 6.07) is -2.41. The molecule has 5 rings (SSSR count). The van der Waals surface area contributed by atoms with Gasteiger partial charge in [-0.25, -0.2) is 4.98 Å². The van der Waals surface area contributed by atoms with Crippen LogP contribution in [0, 0.1) is 29.1 Å². The molecule has 1 aromatic heterocycles. The number of hydrogen-bond donors (Lipinski definition) is 4. The predicted octanol–water partition coefficient (Wildman–Crippen LogP) is 3.33. The first kappa shape index (κ1) is 36.9. The number of carbonyl (C=O) groups excluding carboxylic acids is 5. The summed E-state index contributed by atoms with van der Waals surface area (Å²) < 4.78 is 0. The van der Waals surface area contributed by atoms with Crippen LogP contribution in [0.25, 0.3) is 0 Å². The maximum atomic E-state index is 14.6. The van der Waals surface area contributed by atoms with Gasteiger partial charge < -0.3 is 26.0 Å². The standard InChI is InChI=1S/C37H56N6O6/c1-5-10-27(31(45)35(48)40-24-15-16-24)41-34(47)30-25-14-9-13-23(25)21-43(30)36(49)32(37(2,3)4)42-33(46)26(22-11-7-6-8-12-22)19-29(44)28-20-38-17-18-39-28/h17-18,20,22-27,30-32,45H,5-16,19,21H2,1-4H3,(H,40,48)(H,41,47)(H,42,46)/t23-,25-,26-,27-,30-,31?,32+/m0/s1. The van der Waals surface area contributed by atoms with Gasteiger partial charge in [0.05, 0.1) is 12.2 Å². The Labute approximate surface area is 290 Å². The molecule has 12 heteroatoms. The summed E-state index contributed by atoms with van der Waals surface area (Å²) in [5.41, 5.74) is -0.479. The monoisotopic (exact) mass is 680 g/mol. The SMILES string of the molecule is CCC[C@H](NC(=O)[C@@H]1[C@H]2CCC[C@H]2CN1C(=O)[C@@H](NC(=O)[C@@H](CC(=O)c1cnccn1)C1CCCCC1)C(C)(C)C)C(O)C(=O)NC1CC1. The molecule has 270 valence electrons. The summed E-state index contributed by atoms with van der Waals surface area (Å²) in [4.78, 5) is 78.8. The number of amides is 4. The third kappa shape index (κ3) is 9.04. The molecule has 1 saturated heterocycles. The summed E-state index contributed by atoms with van der Waals surface area (Å²) in [5, 5.41) is 19.8. The van der Waals surface area contributed by atoms with E-state index in [-0.39, 0.29) is 59.4 Å². The quantitative estimate of drug-likeness (QED) is 0.217. The molecule has 1 aliphatic heterocycles. The van der Waals surface area contributed by atoms with E-state index in [2.05, 4.69) is 25.9 Å². The van der Waals surface area contributed by atoms with Crippen LogP contribution in [-0.2, 0) is 19.2 Å². The minimum absolute atomic E-state index is 0.00815. The number of carbonyl (C=O) groups is 5. The van der Waals surface area contributed by atoms with E-state index in [9.17, 15) is 29.1 Å². The smallest absolute Gasteiger partial charge is 0.251 e. The lowest BCUT2D eigenvalue weighted by molar-refractivity contribution is -0.146. The molecule has 4 aliphatic rings. The fraction of sp³-hybridized carbons (Fsp3) is 0.757. The largest absolute Gasteiger partial charge is 0.381 e. The zero-order valence-corrected chi connectivity index (χ0v) is 29.7. The summed E-state index contributed by atoms with van der Waals surface area (Å²) in [7, 11) is 0. The van der Waals surface area contributed by atoms with Crippen molar-refractivity contribution in [3.05, 3.63) is 24.3 Å². The van der Waals surface area contributed by atoms with Crippen molar-refractivity contribution >= 4 is 29.4 Å². The molecule has 1 aromatic rings. The topological polar surface area (TPSA) is 171 Å². The van der Waals surface area contributed by atoms with E-state index in [0.717, 1.165) is 64.2 Å². The zero-order valence-electron chi connectivity index (χ0n) is 29.7. The van der Waals surface area contributed by atoms with Gasteiger partial charge in [0, 0.05) is 37.3 Å². The number of nitrogens with one attached hydrogen (secondary N) is 3. The Bertz CT molecular complexity index is 1340. The van der Waals surface area contributed by atoms with Crippen LogP contribution in [-0.4, -0.2) is 86.2 Å². The van der Waals surface area contributed by atoms with Crippen molar-refractivity contribution in [1.29, 1.82) is 0 Å². The van der Waals surface area contributed by atoms with Gasteiger partial charge in [0.2, 0.25) is 17.7 Å². The highest BCUT2D eigenvalue weighted by molar-refractivity contribution is 5.98. The van der Waals surface area contributed by atoms with Gasteiger partial charge in [-0.3, -0.25) is 29.0 Å². The van der Waals surface area contributed by atoms with E-state index in [1.165, 1.54) is 18.6 Å². The molecule has 2 heterocycles. The van der Waals surface area contributed by atoms with Crippen molar-refractivity contribution in [2.24, 2.45) is 29.1 Å². The second kappa shape index (κ2) is 16.1. The molecule has 0 radical (unpaired) electrons. The molecular formula is C37H56N6O6. The number of hydrogen-bond acceptors (Lipinski definition) is 8. The van der Waals surface area contributed by atoms with E-state index < -0.39 is 41.5 Å². The number of aliphatic hydroxyl groups is 1. The summed E-state index contributed by atoms with van der Waals surface area (Å²) in [6.45, 7) is 8.03. The highest BCUT2D eigenvalue weighted by atomic mass is 16.3. The average molecular weight is 681 g/mol. The van der Waals surface area contributed by atoms with Crippen LogP contribution in [0.2, 0.25) is 0 Å². The number of fused-ring (bicyclic) bond motifs is 1. The van der Waals surface area contributed by atoms with Crippen molar-refractivity contribution in [3.8, 4) is 0 Å². The Morgan fingerprint density at radius 2 is 1.67 bits per heavy atom. The third-order valence-electron chi connectivity index (χ3n) is 11.2. The van der Waals surface area contributed by atoms with Gasteiger partial charge in [0.1, 0.15) is 17.8 Å². The number of rotatable bonds is 14. The van der Waals surface area contributed by atoms with Gasteiger partial charge in [-0.15, -0.1) is 0 Å². The molecule has 7 atom stereocenters. The van der Waals surface area contributed by atoms with Gasteiger partial charge >= 0.3 is 0 Å². The molecular weight excluding hydrogens is 624 g/mol. The van der Waals surface area contributed by atoms with Gasteiger partial charge in [0.15, 0.2) is 11.9 Å². The second-order valence-electron chi connectivity index (χ2n) is 16.0. The van der Waals surface area contributed by atoms with Crippen LogP contribution < -0.4 is 16.0 Å². The fourth-order valence-electron chi connectivity index (χ4n) is 8.27. The maximum absolute atomic E-state index is 14.6. The molecule has 0 spiro atoms. The molecule has 49 heavy (non-hydrogen) atoms. The molecule has 1 unspecified atom stereocenters. The minimum Gasteiger partial charge on any atom is -0.381 e. The first-order chi connectivity index (χ1) is 23.4.